The summed E-state index contributed by atoms with van der Waals surface area (Å²) in [4.78, 5) is 35.8. The van der Waals surface area contributed by atoms with E-state index in [1.54, 1.807) is 0 Å². The second kappa shape index (κ2) is 10.6. The minimum absolute atomic E-state index is 0.0412. The van der Waals surface area contributed by atoms with Crippen molar-refractivity contribution in [2.75, 3.05) is 39.4 Å². The normalized spacial score (nSPS) is 20.7. The van der Waals surface area contributed by atoms with E-state index in [4.69, 9.17) is 9.72 Å². The number of carbonyl (C=O) groups is 2. The van der Waals surface area contributed by atoms with Gasteiger partial charge in [0.1, 0.15) is 11.9 Å². The van der Waals surface area contributed by atoms with Crippen LogP contribution in [0.4, 0.5) is 0 Å². The third-order valence-corrected chi connectivity index (χ3v) is 7.00. The Morgan fingerprint density at radius 3 is 2.63 bits per heavy atom. The van der Waals surface area contributed by atoms with Crippen LogP contribution >= 0.6 is 0 Å². The Balaban J connectivity index is 1.32. The van der Waals surface area contributed by atoms with E-state index in [9.17, 15) is 9.59 Å². The molecule has 0 unspecified atom stereocenters. The monoisotopic (exact) mass is 475 g/mol. The molecule has 2 aliphatic rings. The number of amides is 2. The number of hydrogen-bond donors (Lipinski definition) is 1. The molecule has 8 nitrogen and oxygen atoms in total. The maximum atomic E-state index is 13.8. The average molecular weight is 476 g/mol. The first kappa shape index (κ1) is 23.5. The van der Waals surface area contributed by atoms with Gasteiger partial charge in [0.2, 0.25) is 11.8 Å². The van der Waals surface area contributed by atoms with Crippen LogP contribution in [0.1, 0.15) is 43.2 Å². The smallest absolute Gasteiger partial charge is 0.247 e. The zero-order chi connectivity index (χ0) is 24.2. The Kier molecular flexibility index (Phi) is 7.11. The Morgan fingerprint density at radius 1 is 1.09 bits per heavy atom. The first-order valence-electron chi connectivity index (χ1n) is 12.5. The van der Waals surface area contributed by atoms with Gasteiger partial charge in [-0.25, -0.2) is 4.98 Å². The molecule has 2 aromatic carbocycles. The van der Waals surface area contributed by atoms with Crippen LogP contribution in [-0.2, 0) is 20.9 Å². The number of hydrogen-bond acceptors (Lipinski definition) is 5. The van der Waals surface area contributed by atoms with Gasteiger partial charge in [-0.3, -0.25) is 14.5 Å². The van der Waals surface area contributed by atoms with E-state index in [2.05, 4.69) is 10.2 Å². The van der Waals surface area contributed by atoms with Crippen LogP contribution in [0, 0.1) is 0 Å². The van der Waals surface area contributed by atoms with Crippen LogP contribution in [0.2, 0.25) is 0 Å². The molecule has 2 atom stereocenters. The average Bonchev–Trinajstić information content (AvgIpc) is 3.28. The highest BCUT2D eigenvalue weighted by Gasteiger charge is 2.40. The molecule has 1 N–H and O–H groups in total. The van der Waals surface area contributed by atoms with E-state index in [-0.39, 0.29) is 24.3 Å². The van der Waals surface area contributed by atoms with Crippen molar-refractivity contribution in [2.45, 2.75) is 38.4 Å². The fourth-order valence-corrected chi connectivity index (χ4v) is 5.09. The molecule has 8 heteroatoms. The molecule has 2 amide bonds. The summed E-state index contributed by atoms with van der Waals surface area (Å²) in [6, 6.07) is 17.0. The number of benzene rings is 2. The first-order chi connectivity index (χ1) is 17.1. The lowest BCUT2D eigenvalue weighted by atomic mass is 10.0. The molecule has 1 fully saturated rings. The molecule has 2 aliphatic heterocycles. The molecule has 0 saturated carbocycles. The van der Waals surface area contributed by atoms with Gasteiger partial charge in [0.05, 0.1) is 36.7 Å². The van der Waals surface area contributed by atoms with Gasteiger partial charge in [0.25, 0.3) is 0 Å². The maximum absolute atomic E-state index is 13.8. The molecule has 3 aromatic rings. The zero-order valence-electron chi connectivity index (χ0n) is 20.2. The summed E-state index contributed by atoms with van der Waals surface area (Å²) in [5, 5.41) is 3.04. The summed E-state index contributed by atoms with van der Waals surface area (Å²) in [5.74, 6) is 0.676. The van der Waals surface area contributed by atoms with Gasteiger partial charge in [-0.2, -0.15) is 0 Å². The van der Waals surface area contributed by atoms with Crippen LogP contribution in [0.3, 0.4) is 0 Å². The minimum atomic E-state index is -0.614. The number of nitrogens with zero attached hydrogens (tertiary/aromatic N) is 4. The molecule has 184 valence electrons. The largest absolute Gasteiger partial charge is 0.379 e. The molecule has 3 heterocycles. The Bertz CT molecular complexity index is 1170. The lowest BCUT2D eigenvalue weighted by Gasteiger charge is -2.38. The van der Waals surface area contributed by atoms with Crippen molar-refractivity contribution in [2.24, 2.45) is 0 Å². The van der Waals surface area contributed by atoms with Crippen molar-refractivity contribution in [3.8, 4) is 0 Å². The number of nitrogens with one attached hydrogen (secondary N) is 1. The third kappa shape index (κ3) is 5.09. The number of para-hydroxylation sites is 2. The van der Waals surface area contributed by atoms with Gasteiger partial charge in [-0.05, 0) is 37.6 Å². The first-order valence-corrected chi connectivity index (χ1v) is 12.5. The number of aromatic nitrogens is 2. The van der Waals surface area contributed by atoms with Gasteiger partial charge < -0.3 is 19.5 Å². The lowest BCUT2D eigenvalue weighted by molar-refractivity contribution is -0.142. The number of carbonyl (C=O) groups excluding carboxylic acids is 2. The van der Waals surface area contributed by atoms with Crippen molar-refractivity contribution in [3.63, 3.8) is 0 Å². The topological polar surface area (TPSA) is 79.7 Å². The number of ether oxygens (including phenoxy) is 1. The second-order valence-electron chi connectivity index (χ2n) is 9.33. The van der Waals surface area contributed by atoms with Crippen LogP contribution in [0.15, 0.2) is 54.6 Å². The Labute approximate surface area is 205 Å². The van der Waals surface area contributed by atoms with Crippen molar-refractivity contribution in [1.82, 2.24) is 24.7 Å². The van der Waals surface area contributed by atoms with Gasteiger partial charge in [-0.1, -0.05) is 42.5 Å². The number of fused-ring (bicyclic) bond motifs is 3. The van der Waals surface area contributed by atoms with E-state index >= 15 is 0 Å². The van der Waals surface area contributed by atoms with Crippen LogP contribution in [0.5, 0.6) is 0 Å². The highest BCUT2D eigenvalue weighted by atomic mass is 16.5. The van der Waals surface area contributed by atoms with Crippen LogP contribution < -0.4 is 5.32 Å². The highest BCUT2D eigenvalue weighted by molar-refractivity contribution is 5.90. The van der Waals surface area contributed by atoms with E-state index in [0.717, 1.165) is 61.7 Å². The number of imidazole rings is 1. The number of rotatable bonds is 8. The summed E-state index contributed by atoms with van der Waals surface area (Å²) < 4.78 is 7.37. The van der Waals surface area contributed by atoms with Crippen molar-refractivity contribution >= 4 is 22.8 Å². The summed E-state index contributed by atoms with van der Waals surface area (Å²) in [7, 11) is 0. The van der Waals surface area contributed by atoms with E-state index in [1.807, 2.05) is 71.0 Å². The molecule has 0 radical (unpaired) electrons. The summed E-state index contributed by atoms with van der Waals surface area (Å²) in [5.41, 5.74) is 2.80. The third-order valence-electron chi connectivity index (χ3n) is 7.00. The predicted molar refractivity (Wildman–Crippen MR) is 134 cm³/mol. The van der Waals surface area contributed by atoms with Gasteiger partial charge in [-0.15, -0.1) is 0 Å². The molecule has 1 aromatic heterocycles. The van der Waals surface area contributed by atoms with Gasteiger partial charge in [0, 0.05) is 26.2 Å². The fourth-order valence-electron chi connectivity index (χ4n) is 5.09. The van der Waals surface area contributed by atoms with Crippen molar-refractivity contribution < 1.29 is 14.3 Å². The zero-order valence-corrected chi connectivity index (χ0v) is 20.2. The van der Waals surface area contributed by atoms with E-state index < -0.39 is 6.04 Å². The molecule has 0 bridgehead atoms. The van der Waals surface area contributed by atoms with Crippen LogP contribution in [0.25, 0.3) is 11.0 Å². The molecule has 1 saturated heterocycles. The number of morpholine rings is 1. The second-order valence-corrected chi connectivity index (χ2v) is 9.33. The predicted octanol–water partition coefficient (Wildman–Crippen LogP) is 2.91. The van der Waals surface area contributed by atoms with Crippen LogP contribution in [-0.4, -0.2) is 70.6 Å². The van der Waals surface area contributed by atoms with Crippen molar-refractivity contribution in [3.05, 3.63) is 66.0 Å². The Morgan fingerprint density at radius 2 is 1.83 bits per heavy atom. The standard InChI is InChI=1S/C27H33N5O3/c1-20-26-29-22-10-5-6-11-23(22)32(26)24(27(34)31(20)19-21-8-3-2-4-9-21)18-25(33)28-12-7-13-30-14-16-35-17-15-30/h2-6,8-11,20,24H,7,12-19H2,1H3,(H,28,33)/t20-,24-/m0/s1. The molecule has 0 aliphatic carbocycles. The lowest BCUT2D eigenvalue weighted by Crippen LogP contribution is -2.46. The summed E-state index contributed by atoms with van der Waals surface area (Å²) in [6.45, 7) is 7.46. The van der Waals surface area contributed by atoms with Gasteiger partial charge in [0.15, 0.2) is 0 Å². The summed E-state index contributed by atoms with van der Waals surface area (Å²) in [6.07, 6.45) is 0.975. The molecule has 5 rings (SSSR count). The van der Waals surface area contributed by atoms with E-state index in [0.29, 0.717) is 13.1 Å². The SMILES string of the molecule is C[C@H]1c2nc3ccccc3n2[C@@H](CC(=O)NCCCN2CCOCC2)C(=O)N1Cc1ccccc1. The fraction of sp³-hybridized carbons (Fsp3) is 0.444. The quantitative estimate of drug-likeness (QED) is 0.507. The van der Waals surface area contributed by atoms with Gasteiger partial charge >= 0.3 is 0 Å². The van der Waals surface area contributed by atoms with E-state index in [1.165, 1.54) is 0 Å². The molecular weight excluding hydrogens is 442 g/mol. The summed E-state index contributed by atoms with van der Waals surface area (Å²) >= 11 is 0. The van der Waals surface area contributed by atoms with Crippen molar-refractivity contribution in [1.29, 1.82) is 0 Å². The molecular formula is C27H33N5O3. The minimum Gasteiger partial charge on any atom is -0.379 e. The maximum Gasteiger partial charge on any atom is 0.247 e. The molecule has 0 spiro atoms. The Hall–Kier alpha value is -3.23. The molecule has 35 heavy (non-hydrogen) atoms. The highest BCUT2D eigenvalue weighted by Crippen LogP contribution is 2.37.